The first-order valence-corrected chi connectivity index (χ1v) is 10.1. The molecule has 1 atom stereocenters. The number of nitrogens with one attached hydrogen (secondary N) is 1. The minimum absolute atomic E-state index is 0.0958. The highest BCUT2D eigenvalue weighted by Crippen LogP contribution is 2.29. The molecular weight excluding hydrogens is 374 g/mol. The number of hydrogen-bond donors (Lipinski definition) is 1. The quantitative estimate of drug-likeness (QED) is 0.686. The third kappa shape index (κ3) is 4.21. The number of benzene rings is 2. The molecule has 5 nitrogen and oxygen atoms in total. The lowest BCUT2D eigenvalue weighted by Gasteiger charge is -2.31. The molecule has 0 bridgehead atoms. The molecule has 1 N–H and O–H groups in total. The Kier molecular flexibility index (Phi) is 5.64. The molecule has 2 heterocycles. The van der Waals surface area contributed by atoms with Crippen LogP contribution >= 0.6 is 11.6 Å². The third-order valence-electron chi connectivity index (χ3n) is 5.44. The number of likely N-dealkylation sites (tertiary alicyclic amines) is 1. The van der Waals surface area contributed by atoms with Crippen molar-refractivity contribution in [1.82, 2.24) is 15.2 Å². The van der Waals surface area contributed by atoms with Crippen LogP contribution < -0.4 is 5.32 Å². The number of piperidine rings is 1. The standard InChI is InChI=1S/C22H24ClN3O2/c1-15(16-6-8-18(23)9-7-16)24-14-21(27)26-12-10-17(11-13-26)22-25-19-4-2-3-5-20(19)28-22/h2-9,15,17,24H,10-14H2,1H3/t15-/m1/s1. The number of amides is 1. The van der Waals surface area contributed by atoms with E-state index in [2.05, 4.69) is 17.2 Å². The average molecular weight is 398 g/mol. The van der Waals surface area contributed by atoms with E-state index < -0.39 is 0 Å². The fraction of sp³-hybridized carbons (Fsp3) is 0.364. The molecule has 1 amide bonds. The Morgan fingerprint density at radius 1 is 1.21 bits per heavy atom. The third-order valence-corrected chi connectivity index (χ3v) is 5.69. The lowest BCUT2D eigenvalue weighted by molar-refractivity contribution is -0.131. The van der Waals surface area contributed by atoms with E-state index >= 15 is 0 Å². The van der Waals surface area contributed by atoms with E-state index in [4.69, 9.17) is 16.0 Å². The highest BCUT2D eigenvalue weighted by molar-refractivity contribution is 6.30. The molecule has 3 aromatic rings. The van der Waals surface area contributed by atoms with Crippen LogP contribution in [0.15, 0.2) is 52.9 Å². The number of carbonyl (C=O) groups excluding carboxylic acids is 1. The number of para-hydroxylation sites is 2. The Morgan fingerprint density at radius 2 is 1.93 bits per heavy atom. The summed E-state index contributed by atoms with van der Waals surface area (Å²) in [6.07, 6.45) is 1.76. The molecule has 0 radical (unpaired) electrons. The highest BCUT2D eigenvalue weighted by atomic mass is 35.5. The number of oxazole rings is 1. The Hall–Kier alpha value is -2.37. The van der Waals surface area contributed by atoms with Crippen molar-refractivity contribution < 1.29 is 9.21 Å². The lowest BCUT2D eigenvalue weighted by atomic mass is 9.96. The number of carbonyl (C=O) groups is 1. The molecule has 0 saturated carbocycles. The van der Waals surface area contributed by atoms with E-state index in [-0.39, 0.29) is 17.9 Å². The van der Waals surface area contributed by atoms with E-state index in [1.165, 1.54) is 0 Å². The molecule has 2 aromatic carbocycles. The molecule has 0 unspecified atom stereocenters. The van der Waals surface area contributed by atoms with Gasteiger partial charge >= 0.3 is 0 Å². The maximum absolute atomic E-state index is 12.6. The summed E-state index contributed by atoms with van der Waals surface area (Å²) in [5.41, 5.74) is 2.85. The van der Waals surface area contributed by atoms with Crippen LogP contribution in [0, 0.1) is 0 Å². The fourth-order valence-corrected chi connectivity index (χ4v) is 3.79. The second-order valence-electron chi connectivity index (χ2n) is 7.33. The molecule has 28 heavy (non-hydrogen) atoms. The van der Waals surface area contributed by atoms with Crippen LogP contribution in [0.5, 0.6) is 0 Å². The van der Waals surface area contributed by atoms with Crippen molar-refractivity contribution in [1.29, 1.82) is 0 Å². The second kappa shape index (κ2) is 8.33. The summed E-state index contributed by atoms with van der Waals surface area (Å²) in [5.74, 6) is 1.21. The number of hydrogen-bond acceptors (Lipinski definition) is 4. The van der Waals surface area contributed by atoms with Gasteiger partial charge in [0.25, 0.3) is 0 Å². The minimum Gasteiger partial charge on any atom is -0.440 e. The molecule has 1 aliphatic rings. The summed E-state index contributed by atoms with van der Waals surface area (Å²) in [5, 5.41) is 4.03. The smallest absolute Gasteiger partial charge is 0.236 e. The number of fused-ring (bicyclic) bond motifs is 1. The maximum Gasteiger partial charge on any atom is 0.236 e. The molecule has 4 rings (SSSR count). The van der Waals surface area contributed by atoms with Crippen molar-refractivity contribution in [2.45, 2.75) is 31.7 Å². The van der Waals surface area contributed by atoms with Gasteiger partial charge in [0.2, 0.25) is 5.91 Å². The number of nitrogens with zero attached hydrogens (tertiary/aromatic N) is 2. The summed E-state index contributed by atoms with van der Waals surface area (Å²) in [6, 6.07) is 15.6. The topological polar surface area (TPSA) is 58.4 Å². The van der Waals surface area contributed by atoms with Gasteiger partial charge in [-0.1, -0.05) is 35.9 Å². The van der Waals surface area contributed by atoms with Gasteiger partial charge in [-0.3, -0.25) is 4.79 Å². The van der Waals surface area contributed by atoms with Crippen LogP contribution in [-0.4, -0.2) is 35.4 Å². The number of aromatic nitrogens is 1. The largest absolute Gasteiger partial charge is 0.440 e. The molecular formula is C22H24ClN3O2. The Morgan fingerprint density at radius 3 is 2.64 bits per heavy atom. The van der Waals surface area contributed by atoms with Gasteiger partial charge in [0.05, 0.1) is 6.54 Å². The van der Waals surface area contributed by atoms with Gasteiger partial charge < -0.3 is 14.6 Å². The van der Waals surface area contributed by atoms with Crippen LogP contribution in [0.3, 0.4) is 0 Å². The van der Waals surface area contributed by atoms with E-state index in [0.29, 0.717) is 11.6 Å². The molecule has 1 fully saturated rings. The highest BCUT2D eigenvalue weighted by Gasteiger charge is 2.27. The number of rotatable bonds is 5. The van der Waals surface area contributed by atoms with Crippen molar-refractivity contribution in [3.63, 3.8) is 0 Å². The molecule has 1 aliphatic heterocycles. The molecule has 0 aliphatic carbocycles. The van der Waals surface area contributed by atoms with E-state index in [9.17, 15) is 4.79 Å². The van der Waals surface area contributed by atoms with Gasteiger partial charge in [-0.25, -0.2) is 4.98 Å². The Bertz CT molecular complexity index is 913. The lowest BCUT2D eigenvalue weighted by Crippen LogP contribution is -2.43. The van der Waals surface area contributed by atoms with Crippen molar-refractivity contribution in [3.8, 4) is 0 Å². The van der Waals surface area contributed by atoms with Crippen LogP contribution in [-0.2, 0) is 4.79 Å². The van der Waals surface area contributed by atoms with Crippen LogP contribution in [0.25, 0.3) is 11.1 Å². The van der Waals surface area contributed by atoms with Crippen LogP contribution in [0.2, 0.25) is 5.02 Å². The second-order valence-corrected chi connectivity index (χ2v) is 7.77. The zero-order valence-corrected chi connectivity index (χ0v) is 16.7. The summed E-state index contributed by atoms with van der Waals surface area (Å²) in [6.45, 7) is 3.85. The van der Waals surface area contributed by atoms with E-state index in [1.807, 2.05) is 53.4 Å². The number of halogens is 1. The SMILES string of the molecule is C[C@@H](NCC(=O)N1CCC(c2nc3ccccc3o2)CC1)c1ccc(Cl)cc1. The molecule has 1 saturated heterocycles. The van der Waals surface area contributed by atoms with E-state index in [0.717, 1.165) is 48.5 Å². The van der Waals surface area contributed by atoms with Crippen LogP contribution in [0.4, 0.5) is 0 Å². The first kappa shape index (κ1) is 19.0. The van der Waals surface area contributed by atoms with Gasteiger partial charge in [0.15, 0.2) is 11.5 Å². The molecule has 0 spiro atoms. The molecule has 1 aromatic heterocycles. The fourth-order valence-electron chi connectivity index (χ4n) is 3.66. The summed E-state index contributed by atoms with van der Waals surface area (Å²) >= 11 is 5.93. The van der Waals surface area contributed by atoms with Crippen molar-refractivity contribution >= 4 is 28.6 Å². The zero-order valence-electron chi connectivity index (χ0n) is 15.9. The van der Waals surface area contributed by atoms with Crippen molar-refractivity contribution in [2.75, 3.05) is 19.6 Å². The molecule has 6 heteroatoms. The maximum atomic E-state index is 12.6. The van der Waals surface area contributed by atoms with E-state index in [1.54, 1.807) is 0 Å². The summed E-state index contributed by atoms with van der Waals surface area (Å²) in [4.78, 5) is 19.1. The average Bonchev–Trinajstić information content (AvgIpc) is 3.16. The molecule has 146 valence electrons. The predicted molar refractivity (Wildman–Crippen MR) is 110 cm³/mol. The van der Waals surface area contributed by atoms with Gasteiger partial charge in [-0.05, 0) is 49.6 Å². The monoisotopic (exact) mass is 397 g/mol. The van der Waals surface area contributed by atoms with Gasteiger partial charge in [-0.2, -0.15) is 0 Å². The first-order chi connectivity index (χ1) is 13.6. The van der Waals surface area contributed by atoms with Crippen molar-refractivity contribution in [2.24, 2.45) is 0 Å². The van der Waals surface area contributed by atoms with Crippen molar-refractivity contribution in [3.05, 3.63) is 65.0 Å². The first-order valence-electron chi connectivity index (χ1n) is 9.72. The Balaban J connectivity index is 1.28. The van der Waals surface area contributed by atoms with Gasteiger partial charge in [0, 0.05) is 30.1 Å². The normalized spacial score (nSPS) is 16.4. The zero-order chi connectivity index (χ0) is 19.5. The predicted octanol–water partition coefficient (Wildman–Crippen LogP) is 4.54. The Labute approximate surface area is 169 Å². The van der Waals surface area contributed by atoms with Crippen LogP contribution in [0.1, 0.15) is 43.2 Å². The van der Waals surface area contributed by atoms with Gasteiger partial charge in [0.1, 0.15) is 5.52 Å². The minimum atomic E-state index is 0.0958. The van der Waals surface area contributed by atoms with Gasteiger partial charge in [-0.15, -0.1) is 0 Å². The summed E-state index contributed by atoms with van der Waals surface area (Å²) in [7, 11) is 0. The summed E-state index contributed by atoms with van der Waals surface area (Å²) < 4.78 is 5.90.